The summed E-state index contributed by atoms with van der Waals surface area (Å²) in [7, 11) is 1.57. The Morgan fingerprint density at radius 1 is 1.32 bits per heavy atom. The summed E-state index contributed by atoms with van der Waals surface area (Å²) in [6.07, 6.45) is 5.36. The van der Waals surface area contributed by atoms with E-state index < -0.39 is 0 Å². The number of carbonyl (C=O) groups excluding carboxylic acids is 1. The maximum Gasteiger partial charge on any atom is 0.254 e. The molecule has 2 aliphatic rings. The van der Waals surface area contributed by atoms with E-state index in [2.05, 4.69) is 12.2 Å². The molecule has 5 nitrogen and oxygen atoms in total. The minimum absolute atomic E-state index is 0.00894. The molecule has 2 bridgehead atoms. The Balaban J connectivity index is 1.77. The standard InChI is InChI=1S/C19H27ClN2O3/c1-3-4-9-25-18-16(20)10-13(11-17(18)24-2)19(23)22-8-7-14-5-6-15(12-22)21-14/h10-11,14-15,21H,3-9,12H2,1-2H3. The van der Waals surface area contributed by atoms with E-state index >= 15 is 0 Å². The number of likely N-dealkylation sites (tertiary alicyclic amines) is 1. The van der Waals surface area contributed by atoms with Crippen LogP contribution in [0.5, 0.6) is 11.5 Å². The van der Waals surface area contributed by atoms with Gasteiger partial charge >= 0.3 is 0 Å². The number of hydrogen-bond donors (Lipinski definition) is 1. The maximum absolute atomic E-state index is 13.0. The van der Waals surface area contributed by atoms with E-state index in [0.29, 0.717) is 40.8 Å². The molecule has 0 aromatic heterocycles. The van der Waals surface area contributed by atoms with Gasteiger partial charge in [0.2, 0.25) is 0 Å². The third-order valence-electron chi connectivity index (χ3n) is 5.03. The number of rotatable bonds is 6. The van der Waals surface area contributed by atoms with E-state index in [1.54, 1.807) is 19.2 Å². The van der Waals surface area contributed by atoms with E-state index in [1.807, 2.05) is 4.90 Å². The minimum atomic E-state index is 0.00894. The van der Waals surface area contributed by atoms with Gasteiger partial charge in [-0.3, -0.25) is 4.79 Å². The van der Waals surface area contributed by atoms with Gasteiger partial charge in [0.1, 0.15) is 0 Å². The van der Waals surface area contributed by atoms with E-state index in [4.69, 9.17) is 21.1 Å². The average Bonchev–Trinajstić information content (AvgIpc) is 2.94. The van der Waals surface area contributed by atoms with Gasteiger partial charge in [-0.2, -0.15) is 0 Å². The summed E-state index contributed by atoms with van der Waals surface area (Å²) in [6, 6.07) is 4.40. The van der Waals surface area contributed by atoms with Gasteiger partial charge in [-0.25, -0.2) is 0 Å². The van der Waals surface area contributed by atoms with Crippen molar-refractivity contribution in [1.82, 2.24) is 10.2 Å². The number of amides is 1. The zero-order chi connectivity index (χ0) is 17.8. The SMILES string of the molecule is CCCCOc1c(Cl)cc(C(=O)N2CCC3CCC(C2)N3)cc1OC. The van der Waals surface area contributed by atoms with Gasteiger partial charge < -0.3 is 19.7 Å². The van der Waals surface area contributed by atoms with Crippen molar-refractivity contribution in [2.75, 3.05) is 26.8 Å². The molecule has 2 saturated heterocycles. The first-order chi connectivity index (χ1) is 12.1. The third kappa shape index (κ3) is 4.21. The molecule has 138 valence electrons. The van der Waals surface area contributed by atoms with Crippen LogP contribution in [0.3, 0.4) is 0 Å². The van der Waals surface area contributed by atoms with Crippen LogP contribution in [-0.2, 0) is 0 Å². The Hall–Kier alpha value is -1.46. The van der Waals surface area contributed by atoms with Crippen molar-refractivity contribution in [3.05, 3.63) is 22.7 Å². The summed E-state index contributed by atoms with van der Waals surface area (Å²) in [5.41, 5.74) is 0.558. The Morgan fingerprint density at radius 3 is 2.88 bits per heavy atom. The summed E-state index contributed by atoms with van der Waals surface area (Å²) >= 11 is 6.38. The molecule has 0 spiro atoms. The van der Waals surface area contributed by atoms with E-state index in [0.717, 1.165) is 38.8 Å². The van der Waals surface area contributed by atoms with Crippen LogP contribution in [0, 0.1) is 0 Å². The van der Waals surface area contributed by atoms with Crippen LogP contribution in [0.2, 0.25) is 5.02 Å². The summed E-state index contributed by atoms with van der Waals surface area (Å²) < 4.78 is 11.2. The predicted octanol–water partition coefficient (Wildman–Crippen LogP) is 3.49. The number of nitrogens with zero attached hydrogens (tertiary/aromatic N) is 1. The van der Waals surface area contributed by atoms with Gasteiger partial charge in [-0.1, -0.05) is 24.9 Å². The van der Waals surface area contributed by atoms with Gasteiger partial charge in [0.25, 0.3) is 5.91 Å². The van der Waals surface area contributed by atoms with Crippen LogP contribution < -0.4 is 14.8 Å². The van der Waals surface area contributed by atoms with Crippen LogP contribution in [-0.4, -0.2) is 49.7 Å². The molecule has 6 heteroatoms. The fourth-order valence-corrected chi connectivity index (χ4v) is 3.88. The number of hydrogen-bond acceptors (Lipinski definition) is 4. The lowest BCUT2D eigenvalue weighted by atomic mass is 10.1. The van der Waals surface area contributed by atoms with Crippen LogP contribution in [0.25, 0.3) is 0 Å². The molecule has 2 aliphatic heterocycles. The molecule has 25 heavy (non-hydrogen) atoms. The number of unbranched alkanes of at least 4 members (excludes halogenated alkanes) is 1. The van der Waals surface area contributed by atoms with Crippen molar-refractivity contribution < 1.29 is 14.3 Å². The molecule has 0 aliphatic carbocycles. The highest BCUT2D eigenvalue weighted by molar-refractivity contribution is 6.32. The minimum Gasteiger partial charge on any atom is -0.493 e. The Labute approximate surface area is 154 Å². The smallest absolute Gasteiger partial charge is 0.254 e. The van der Waals surface area contributed by atoms with Crippen LogP contribution in [0.4, 0.5) is 0 Å². The monoisotopic (exact) mass is 366 g/mol. The van der Waals surface area contributed by atoms with Crippen molar-refractivity contribution in [2.24, 2.45) is 0 Å². The maximum atomic E-state index is 13.0. The molecular formula is C19H27ClN2O3. The molecule has 1 N–H and O–H groups in total. The molecule has 1 amide bonds. The molecule has 0 radical (unpaired) electrons. The zero-order valence-electron chi connectivity index (χ0n) is 15.0. The molecular weight excluding hydrogens is 340 g/mol. The number of fused-ring (bicyclic) bond motifs is 2. The van der Waals surface area contributed by atoms with Crippen LogP contribution >= 0.6 is 11.6 Å². The van der Waals surface area contributed by atoms with E-state index in [1.165, 1.54) is 6.42 Å². The van der Waals surface area contributed by atoms with Gasteiger partial charge in [-0.05, 0) is 37.8 Å². The molecule has 0 saturated carbocycles. The predicted molar refractivity (Wildman–Crippen MR) is 98.9 cm³/mol. The molecule has 1 aromatic rings. The number of halogens is 1. The molecule has 2 unspecified atom stereocenters. The molecule has 2 heterocycles. The Morgan fingerprint density at radius 2 is 2.12 bits per heavy atom. The fraction of sp³-hybridized carbons (Fsp3) is 0.632. The first kappa shape index (κ1) is 18.3. The van der Waals surface area contributed by atoms with Gasteiger partial charge in [-0.15, -0.1) is 0 Å². The van der Waals surface area contributed by atoms with Crippen molar-refractivity contribution in [3.8, 4) is 11.5 Å². The summed E-state index contributed by atoms with van der Waals surface area (Å²) in [6.45, 7) is 4.22. The van der Waals surface area contributed by atoms with Crippen LogP contribution in [0.1, 0.15) is 49.4 Å². The number of ether oxygens (including phenoxy) is 2. The lowest BCUT2D eigenvalue weighted by Gasteiger charge is -2.25. The first-order valence-corrected chi connectivity index (χ1v) is 9.55. The largest absolute Gasteiger partial charge is 0.493 e. The second-order valence-electron chi connectivity index (χ2n) is 6.87. The van der Waals surface area contributed by atoms with E-state index in [9.17, 15) is 4.79 Å². The van der Waals surface area contributed by atoms with E-state index in [-0.39, 0.29) is 5.91 Å². The average molecular weight is 367 g/mol. The molecule has 2 fully saturated rings. The summed E-state index contributed by atoms with van der Waals surface area (Å²) in [5, 5.41) is 4.02. The normalized spacial score (nSPS) is 22.6. The van der Waals surface area contributed by atoms with Crippen LogP contribution in [0.15, 0.2) is 12.1 Å². The highest BCUT2D eigenvalue weighted by Crippen LogP contribution is 2.37. The van der Waals surface area contributed by atoms with Gasteiger partial charge in [0.15, 0.2) is 11.5 Å². The first-order valence-electron chi connectivity index (χ1n) is 9.18. The Kier molecular flexibility index (Phi) is 6.07. The number of benzene rings is 1. The molecule has 3 rings (SSSR count). The van der Waals surface area contributed by atoms with Gasteiger partial charge in [0.05, 0.1) is 18.7 Å². The lowest BCUT2D eigenvalue weighted by Crippen LogP contribution is -2.39. The topological polar surface area (TPSA) is 50.8 Å². The summed E-state index contributed by atoms with van der Waals surface area (Å²) in [5.74, 6) is 1.04. The Bertz CT molecular complexity index is 623. The second kappa shape index (κ2) is 8.28. The molecule has 2 atom stereocenters. The highest BCUT2D eigenvalue weighted by atomic mass is 35.5. The third-order valence-corrected chi connectivity index (χ3v) is 5.31. The lowest BCUT2D eigenvalue weighted by molar-refractivity contribution is 0.0747. The number of carbonyl (C=O) groups is 1. The number of methoxy groups -OCH3 is 1. The van der Waals surface area contributed by atoms with Gasteiger partial charge in [0, 0.05) is 30.7 Å². The second-order valence-corrected chi connectivity index (χ2v) is 7.28. The van der Waals surface area contributed by atoms with Crippen molar-refractivity contribution in [1.29, 1.82) is 0 Å². The van der Waals surface area contributed by atoms with Crippen molar-refractivity contribution in [2.45, 2.75) is 51.1 Å². The van der Waals surface area contributed by atoms with Crippen molar-refractivity contribution in [3.63, 3.8) is 0 Å². The zero-order valence-corrected chi connectivity index (χ0v) is 15.8. The highest BCUT2D eigenvalue weighted by Gasteiger charge is 2.32. The summed E-state index contributed by atoms with van der Waals surface area (Å²) in [4.78, 5) is 14.9. The fourth-order valence-electron chi connectivity index (χ4n) is 3.61. The molecule has 1 aromatic carbocycles. The quantitative estimate of drug-likeness (QED) is 0.783. The van der Waals surface area contributed by atoms with Crippen molar-refractivity contribution >= 4 is 17.5 Å². The number of nitrogens with one attached hydrogen (secondary N) is 1.